The summed E-state index contributed by atoms with van der Waals surface area (Å²) in [6.07, 6.45) is 5.26. The lowest BCUT2D eigenvalue weighted by atomic mass is 9.69. The predicted molar refractivity (Wildman–Crippen MR) is 110 cm³/mol. The zero-order chi connectivity index (χ0) is 20.9. The van der Waals surface area contributed by atoms with Crippen LogP contribution in [-0.2, 0) is 5.41 Å². The van der Waals surface area contributed by atoms with E-state index >= 15 is 0 Å². The highest BCUT2D eigenvalue weighted by Gasteiger charge is 2.35. The number of nitrogens with zero attached hydrogens (tertiary/aromatic N) is 1. The van der Waals surface area contributed by atoms with Crippen LogP contribution in [0.25, 0.3) is 0 Å². The van der Waals surface area contributed by atoms with Crippen molar-refractivity contribution >= 4 is 11.6 Å². The summed E-state index contributed by atoms with van der Waals surface area (Å²) in [5.74, 6) is 0.730. The third kappa shape index (κ3) is 4.50. The second-order valence-electron chi connectivity index (χ2n) is 7.39. The molecule has 0 aliphatic heterocycles. The molecule has 7 heteroatoms. The number of rotatable bonds is 7. The molecular formula is C22H26N2O5. The van der Waals surface area contributed by atoms with Gasteiger partial charge in [0.25, 0.3) is 11.6 Å². The summed E-state index contributed by atoms with van der Waals surface area (Å²) in [6, 6.07) is 12.1. The van der Waals surface area contributed by atoms with Crippen LogP contribution < -0.4 is 14.8 Å². The lowest BCUT2D eigenvalue weighted by Gasteiger charge is -2.38. The molecule has 0 aromatic heterocycles. The van der Waals surface area contributed by atoms with Gasteiger partial charge >= 0.3 is 0 Å². The Bertz CT molecular complexity index is 873. The largest absolute Gasteiger partial charge is 0.497 e. The summed E-state index contributed by atoms with van der Waals surface area (Å²) in [7, 11) is 3.09. The number of carbonyl (C=O) groups excluding carboxylic acids is 1. The van der Waals surface area contributed by atoms with Gasteiger partial charge in [0.2, 0.25) is 0 Å². The molecule has 2 aromatic carbocycles. The molecule has 0 spiro atoms. The highest BCUT2D eigenvalue weighted by Crippen LogP contribution is 2.39. The summed E-state index contributed by atoms with van der Waals surface area (Å²) in [4.78, 5) is 23.7. The number of hydrogen-bond donors (Lipinski definition) is 1. The van der Waals surface area contributed by atoms with E-state index in [0.717, 1.165) is 37.0 Å². The van der Waals surface area contributed by atoms with Crippen LogP contribution >= 0.6 is 0 Å². The summed E-state index contributed by atoms with van der Waals surface area (Å²) >= 11 is 0. The molecule has 0 bridgehead atoms. The monoisotopic (exact) mass is 398 g/mol. The second kappa shape index (κ2) is 8.94. The molecule has 0 atom stereocenters. The van der Waals surface area contributed by atoms with Gasteiger partial charge in [0.1, 0.15) is 17.1 Å². The van der Waals surface area contributed by atoms with Crippen molar-refractivity contribution in [2.75, 3.05) is 20.8 Å². The molecule has 1 fully saturated rings. The Morgan fingerprint density at radius 3 is 2.24 bits per heavy atom. The van der Waals surface area contributed by atoms with E-state index < -0.39 is 10.8 Å². The van der Waals surface area contributed by atoms with E-state index in [0.29, 0.717) is 12.3 Å². The SMILES string of the molecule is COc1ccc(C2(CNC(=O)c3cc(OC)ccc3[N+](=O)[O-])CCCCC2)cc1. The van der Waals surface area contributed by atoms with E-state index in [-0.39, 0.29) is 16.7 Å². The minimum absolute atomic E-state index is 0.00930. The van der Waals surface area contributed by atoms with Crippen LogP contribution in [0.4, 0.5) is 5.69 Å². The van der Waals surface area contributed by atoms with Crippen LogP contribution in [0.5, 0.6) is 11.5 Å². The molecule has 1 saturated carbocycles. The van der Waals surface area contributed by atoms with Gasteiger partial charge in [-0.2, -0.15) is 0 Å². The quantitative estimate of drug-likeness (QED) is 0.556. The zero-order valence-corrected chi connectivity index (χ0v) is 16.8. The van der Waals surface area contributed by atoms with Gasteiger partial charge in [-0.1, -0.05) is 31.4 Å². The van der Waals surface area contributed by atoms with Crippen LogP contribution in [0, 0.1) is 10.1 Å². The van der Waals surface area contributed by atoms with Crippen LogP contribution in [0.15, 0.2) is 42.5 Å². The van der Waals surface area contributed by atoms with Gasteiger partial charge in [0.05, 0.1) is 19.1 Å². The number of ether oxygens (including phenoxy) is 2. The Balaban J connectivity index is 1.84. The molecule has 154 valence electrons. The number of nitro benzene ring substituents is 1. The molecule has 1 aliphatic carbocycles. The topological polar surface area (TPSA) is 90.7 Å². The van der Waals surface area contributed by atoms with Crippen molar-refractivity contribution in [1.82, 2.24) is 5.32 Å². The maximum atomic E-state index is 12.9. The Labute approximate surface area is 170 Å². The number of nitro groups is 1. The van der Waals surface area contributed by atoms with Gasteiger partial charge in [-0.05, 0) is 42.7 Å². The normalized spacial score (nSPS) is 15.4. The molecule has 2 aromatic rings. The first-order valence-electron chi connectivity index (χ1n) is 9.74. The van der Waals surface area contributed by atoms with E-state index in [1.807, 2.05) is 24.3 Å². The van der Waals surface area contributed by atoms with Gasteiger partial charge in [-0.15, -0.1) is 0 Å². The van der Waals surface area contributed by atoms with Gasteiger partial charge in [-0.3, -0.25) is 14.9 Å². The molecule has 29 heavy (non-hydrogen) atoms. The van der Waals surface area contributed by atoms with Crippen molar-refractivity contribution in [2.45, 2.75) is 37.5 Å². The van der Waals surface area contributed by atoms with E-state index in [9.17, 15) is 14.9 Å². The van der Waals surface area contributed by atoms with E-state index in [1.54, 1.807) is 7.11 Å². The van der Waals surface area contributed by atoms with Crippen molar-refractivity contribution < 1.29 is 19.2 Å². The molecule has 1 aliphatic rings. The maximum absolute atomic E-state index is 12.9. The van der Waals surface area contributed by atoms with E-state index in [4.69, 9.17) is 9.47 Å². The van der Waals surface area contributed by atoms with Crippen molar-refractivity contribution in [3.63, 3.8) is 0 Å². The van der Waals surface area contributed by atoms with Crippen molar-refractivity contribution in [1.29, 1.82) is 0 Å². The predicted octanol–water partition coefficient (Wildman–Crippen LogP) is 4.24. The number of carbonyl (C=O) groups is 1. The van der Waals surface area contributed by atoms with Gasteiger partial charge in [-0.25, -0.2) is 0 Å². The summed E-state index contributed by atoms with van der Waals surface area (Å²) in [5.41, 5.74) is 0.743. The Hall–Kier alpha value is -3.09. The van der Waals surface area contributed by atoms with Crippen LogP contribution in [-0.4, -0.2) is 31.6 Å². The highest BCUT2D eigenvalue weighted by atomic mass is 16.6. The average molecular weight is 398 g/mol. The first kappa shape index (κ1) is 20.6. The lowest BCUT2D eigenvalue weighted by Crippen LogP contribution is -2.42. The van der Waals surface area contributed by atoms with Gasteiger partial charge in [0, 0.05) is 18.0 Å². The maximum Gasteiger partial charge on any atom is 0.282 e. The van der Waals surface area contributed by atoms with Crippen LogP contribution in [0.1, 0.15) is 48.0 Å². The van der Waals surface area contributed by atoms with Crippen molar-refractivity contribution in [3.8, 4) is 11.5 Å². The number of nitrogens with one attached hydrogen (secondary N) is 1. The fourth-order valence-electron chi connectivity index (χ4n) is 4.07. The third-order valence-electron chi connectivity index (χ3n) is 5.75. The van der Waals surface area contributed by atoms with Gasteiger partial charge < -0.3 is 14.8 Å². The minimum Gasteiger partial charge on any atom is -0.497 e. The minimum atomic E-state index is -0.547. The van der Waals surface area contributed by atoms with E-state index in [2.05, 4.69) is 5.32 Å². The summed E-state index contributed by atoms with van der Waals surface area (Å²) < 4.78 is 10.4. The van der Waals surface area contributed by atoms with E-state index in [1.165, 1.54) is 31.7 Å². The second-order valence-corrected chi connectivity index (χ2v) is 7.39. The molecule has 1 N–H and O–H groups in total. The number of amides is 1. The molecule has 0 heterocycles. The van der Waals surface area contributed by atoms with Crippen LogP contribution in [0.2, 0.25) is 0 Å². The smallest absolute Gasteiger partial charge is 0.282 e. The number of methoxy groups -OCH3 is 2. The molecule has 0 unspecified atom stereocenters. The summed E-state index contributed by atoms with van der Waals surface area (Å²) in [5, 5.41) is 14.3. The fourth-order valence-corrected chi connectivity index (χ4v) is 4.07. The molecular weight excluding hydrogens is 372 g/mol. The Kier molecular flexibility index (Phi) is 6.36. The molecule has 0 saturated heterocycles. The summed E-state index contributed by atoms with van der Waals surface area (Å²) in [6.45, 7) is 0.423. The van der Waals surface area contributed by atoms with Gasteiger partial charge in [0.15, 0.2) is 0 Å². The first-order chi connectivity index (χ1) is 14.0. The Morgan fingerprint density at radius 1 is 1.03 bits per heavy atom. The standard InChI is InChI=1S/C22H26N2O5/c1-28-17-8-6-16(7-9-17)22(12-4-3-5-13-22)15-23-21(25)19-14-18(29-2)10-11-20(19)24(26)27/h6-11,14H,3-5,12-13,15H2,1-2H3,(H,23,25). The Morgan fingerprint density at radius 2 is 1.66 bits per heavy atom. The third-order valence-corrected chi connectivity index (χ3v) is 5.75. The van der Waals surface area contributed by atoms with Crippen molar-refractivity contribution in [2.24, 2.45) is 0 Å². The van der Waals surface area contributed by atoms with Crippen LogP contribution in [0.3, 0.4) is 0 Å². The lowest BCUT2D eigenvalue weighted by molar-refractivity contribution is -0.385. The fraction of sp³-hybridized carbons (Fsp3) is 0.409. The number of hydrogen-bond acceptors (Lipinski definition) is 5. The highest BCUT2D eigenvalue weighted by molar-refractivity contribution is 5.98. The first-order valence-corrected chi connectivity index (χ1v) is 9.74. The molecule has 1 amide bonds. The van der Waals surface area contributed by atoms with Crippen molar-refractivity contribution in [3.05, 3.63) is 63.7 Å². The number of benzene rings is 2. The molecule has 0 radical (unpaired) electrons. The zero-order valence-electron chi connectivity index (χ0n) is 16.8. The average Bonchev–Trinajstić information content (AvgIpc) is 2.77. The molecule has 3 rings (SSSR count). The molecule has 7 nitrogen and oxygen atoms in total.